The van der Waals surface area contributed by atoms with Crippen LogP contribution in [-0.4, -0.2) is 30.9 Å². The lowest BCUT2D eigenvalue weighted by atomic mass is 10.0. The summed E-state index contributed by atoms with van der Waals surface area (Å²) in [4.78, 5) is 48.2. The Balaban J connectivity index is 1.28. The van der Waals surface area contributed by atoms with Crippen molar-refractivity contribution in [2.24, 2.45) is 0 Å². The Labute approximate surface area is 204 Å². The molecule has 0 radical (unpaired) electrons. The molecule has 0 spiro atoms. The van der Waals surface area contributed by atoms with Gasteiger partial charge in [-0.15, -0.1) is 0 Å². The molecule has 1 aromatic heterocycles. The van der Waals surface area contributed by atoms with Gasteiger partial charge < -0.3 is 19.8 Å². The molecular formula is C24H20Cl2N2O6. The number of esters is 1. The number of amides is 2. The van der Waals surface area contributed by atoms with Gasteiger partial charge in [0.05, 0.1) is 17.1 Å². The van der Waals surface area contributed by atoms with Crippen molar-refractivity contribution in [3.05, 3.63) is 79.1 Å². The Morgan fingerprint density at radius 3 is 2.50 bits per heavy atom. The number of rotatable bonds is 7. The molecule has 1 heterocycles. The Hall–Kier alpha value is -3.36. The van der Waals surface area contributed by atoms with Crippen LogP contribution in [0.2, 0.25) is 10.0 Å². The molecule has 2 amide bonds. The molecule has 1 aliphatic rings. The lowest BCUT2D eigenvalue weighted by molar-refractivity contribution is -0.145. The molecule has 176 valence electrons. The average Bonchev–Trinajstić information content (AvgIpc) is 3.25. The lowest BCUT2D eigenvalue weighted by Crippen LogP contribution is -2.39. The first-order chi connectivity index (χ1) is 16.3. The summed E-state index contributed by atoms with van der Waals surface area (Å²) in [6.07, 6.45) is 2.95. The van der Waals surface area contributed by atoms with Gasteiger partial charge in [-0.1, -0.05) is 23.2 Å². The minimum absolute atomic E-state index is 0.138. The van der Waals surface area contributed by atoms with Crippen LogP contribution < -0.4 is 16.3 Å². The van der Waals surface area contributed by atoms with Gasteiger partial charge in [0.2, 0.25) is 5.91 Å². The van der Waals surface area contributed by atoms with Crippen molar-refractivity contribution in [2.75, 3.05) is 13.1 Å². The first kappa shape index (κ1) is 23.8. The third-order valence-corrected chi connectivity index (χ3v) is 5.99. The highest BCUT2D eigenvalue weighted by molar-refractivity contribution is 6.36. The molecule has 1 aliphatic carbocycles. The van der Waals surface area contributed by atoms with Crippen LogP contribution in [0.4, 0.5) is 0 Å². The van der Waals surface area contributed by atoms with Crippen LogP contribution in [0.15, 0.2) is 45.6 Å². The van der Waals surface area contributed by atoms with Gasteiger partial charge >= 0.3 is 11.6 Å². The van der Waals surface area contributed by atoms with Crippen molar-refractivity contribution < 1.29 is 23.5 Å². The van der Waals surface area contributed by atoms with Crippen molar-refractivity contribution >= 4 is 52.0 Å². The molecular weight excluding hydrogens is 483 g/mol. The predicted molar refractivity (Wildman–Crippen MR) is 126 cm³/mol. The Kier molecular flexibility index (Phi) is 7.19. The number of hydrogen-bond acceptors (Lipinski definition) is 6. The summed E-state index contributed by atoms with van der Waals surface area (Å²) < 4.78 is 10.5. The van der Waals surface area contributed by atoms with Gasteiger partial charge in [-0.05, 0) is 60.7 Å². The van der Waals surface area contributed by atoms with E-state index in [4.69, 9.17) is 32.4 Å². The maximum atomic E-state index is 12.1. The van der Waals surface area contributed by atoms with E-state index < -0.39 is 30.0 Å². The molecule has 0 saturated carbocycles. The number of carbonyl (C=O) groups is 3. The minimum Gasteiger partial charge on any atom is -0.459 e. The van der Waals surface area contributed by atoms with Crippen LogP contribution in [0.5, 0.6) is 0 Å². The second kappa shape index (κ2) is 10.3. The van der Waals surface area contributed by atoms with Gasteiger partial charge in [0.15, 0.2) is 0 Å². The largest absolute Gasteiger partial charge is 0.459 e. The van der Waals surface area contributed by atoms with E-state index in [1.807, 2.05) is 12.1 Å². The zero-order valence-corrected chi connectivity index (χ0v) is 19.4. The Morgan fingerprint density at radius 1 is 0.971 bits per heavy atom. The van der Waals surface area contributed by atoms with E-state index in [0.29, 0.717) is 16.2 Å². The normalized spacial score (nSPS) is 12.3. The molecule has 0 fully saturated rings. The van der Waals surface area contributed by atoms with Crippen LogP contribution in [-0.2, 0) is 33.8 Å². The van der Waals surface area contributed by atoms with Crippen molar-refractivity contribution in [2.45, 2.75) is 25.9 Å². The lowest BCUT2D eigenvalue weighted by Gasteiger charge is -2.10. The van der Waals surface area contributed by atoms with E-state index >= 15 is 0 Å². The summed E-state index contributed by atoms with van der Waals surface area (Å²) in [6.45, 7) is -0.896. The highest BCUT2D eigenvalue weighted by Crippen LogP contribution is 2.28. The molecule has 0 aliphatic heterocycles. The predicted octanol–water partition coefficient (Wildman–Crippen LogP) is 3.18. The summed E-state index contributed by atoms with van der Waals surface area (Å²) in [5.74, 6) is -1.83. The zero-order valence-electron chi connectivity index (χ0n) is 17.9. The molecule has 0 saturated heterocycles. The van der Waals surface area contributed by atoms with Gasteiger partial charge in [0.1, 0.15) is 18.7 Å². The molecule has 0 bridgehead atoms. The summed E-state index contributed by atoms with van der Waals surface area (Å²) in [5.41, 5.74) is 3.00. The molecule has 4 rings (SSSR count). The molecule has 2 aromatic carbocycles. The number of fused-ring (bicyclic) bond motifs is 2. The molecule has 2 N–H and O–H groups in total. The molecule has 10 heteroatoms. The highest BCUT2D eigenvalue weighted by Gasteiger charge is 2.17. The molecule has 34 heavy (non-hydrogen) atoms. The number of ether oxygens (including phenoxy) is 1. The fourth-order valence-electron chi connectivity index (χ4n) is 3.79. The van der Waals surface area contributed by atoms with Crippen molar-refractivity contribution in [1.29, 1.82) is 0 Å². The topological polar surface area (TPSA) is 115 Å². The first-order valence-corrected chi connectivity index (χ1v) is 11.3. The Morgan fingerprint density at radius 2 is 1.74 bits per heavy atom. The monoisotopic (exact) mass is 502 g/mol. The average molecular weight is 503 g/mol. The summed E-state index contributed by atoms with van der Waals surface area (Å²) in [5, 5.41) is 6.04. The molecule has 0 atom stereocenters. The second-order valence-electron chi connectivity index (χ2n) is 7.81. The quantitative estimate of drug-likeness (QED) is 0.378. The Bertz CT molecular complexity index is 1350. The van der Waals surface area contributed by atoms with Crippen LogP contribution in [0, 0.1) is 0 Å². The van der Waals surface area contributed by atoms with E-state index in [9.17, 15) is 19.2 Å². The summed E-state index contributed by atoms with van der Waals surface area (Å²) >= 11 is 11.8. The van der Waals surface area contributed by atoms with Crippen molar-refractivity contribution in [3.8, 4) is 0 Å². The van der Waals surface area contributed by atoms with Crippen molar-refractivity contribution in [3.63, 3.8) is 0 Å². The van der Waals surface area contributed by atoms with Gasteiger partial charge in [-0.2, -0.15) is 0 Å². The standard InChI is InChI=1S/C24H20Cl2N2O6/c25-16-4-5-17(19(26)9-16)24(32)28-10-21(29)27-11-23(31)33-12-15-8-22(30)34-20-7-14-3-1-2-13(14)6-18(15)20/h4-9H,1-3,10-12H2,(H,27,29)(H,28,32). The first-order valence-electron chi connectivity index (χ1n) is 10.5. The zero-order chi connectivity index (χ0) is 24.2. The number of aryl methyl sites for hydroxylation is 2. The van der Waals surface area contributed by atoms with Crippen LogP contribution in [0.25, 0.3) is 11.0 Å². The maximum absolute atomic E-state index is 12.1. The van der Waals surface area contributed by atoms with E-state index in [-0.39, 0.29) is 23.7 Å². The van der Waals surface area contributed by atoms with Crippen LogP contribution >= 0.6 is 23.2 Å². The smallest absolute Gasteiger partial charge is 0.336 e. The van der Waals surface area contributed by atoms with Gasteiger partial charge in [-0.25, -0.2) is 4.79 Å². The van der Waals surface area contributed by atoms with E-state index in [1.165, 1.54) is 29.8 Å². The third kappa shape index (κ3) is 5.58. The summed E-state index contributed by atoms with van der Waals surface area (Å²) in [7, 11) is 0. The van der Waals surface area contributed by atoms with Crippen molar-refractivity contribution in [1.82, 2.24) is 10.6 Å². The third-order valence-electron chi connectivity index (χ3n) is 5.45. The number of hydrogen-bond donors (Lipinski definition) is 2. The number of halogens is 2. The van der Waals surface area contributed by atoms with E-state index in [2.05, 4.69) is 10.6 Å². The SMILES string of the molecule is O=C(CNC(=O)c1ccc(Cl)cc1Cl)NCC(=O)OCc1cc(=O)oc2cc3c(cc12)CCC3. The fraction of sp³-hybridized carbons (Fsp3) is 0.250. The van der Waals surface area contributed by atoms with E-state index in [0.717, 1.165) is 30.2 Å². The second-order valence-corrected chi connectivity index (χ2v) is 8.65. The molecule has 8 nitrogen and oxygen atoms in total. The van der Waals surface area contributed by atoms with Gasteiger partial charge in [0, 0.05) is 22.0 Å². The fourth-order valence-corrected chi connectivity index (χ4v) is 4.28. The van der Waals surface area contributed by atoms with E-state index in [1.54, 1.807) is 0 Å². The van der Waals surface area contributed by atoms with Crippen LogP contribution in [0.3, 0.4) is 0 Å². The number of nitrogens with one attached hydrogen (secondary N) is 2. The number of carbonyl (C=O) groups excluding carboxylic acids is 3. The highest BCUT2D eigenvalue weighted by atomic mass is 35.5. The molecule has 0 unspecified atom stereocenters. The minimum atomic E-state index is -0.692. The number of benzene rings is 2. The maximum Gasteiger partial charge on any atom is 0.336 e. The van der Waals surface area contributed by atoms with Crippen LogP contribution in [0.1, 0.15) is 33.5 Å². The molecule has 3 aromatic rings. The summed E-state index contributed by atoms with van der Waals surface area (Å²) in [6, 6.07) is 9.51. The van der Waals surface area contributed by atoms with Gasteiger partial charge in [0.25, 0.3) is 5.91 Å². The van der Waals surface area contributed by atoms with Gasteiger partial charge in [-0.3, -0.25) is 14.4 Å².